The van der Waals surface area contributed by atoms with E-state index < -0.39 is 5.79 Å². The van der Waals surface area contributed by atoms with Gasteiger partial charge in [0.15, 0.2) is 12.0 Å². The average molecular weight is 319 g/mol. The summed E-state index contributed by atoms with van der Waals surface area (Å²) in [6, 6.07) is 1.94. The summed E-state index contributed by atoms with van der Waals surface area (Å²) in [5, 5.41) is 0.855. The third-order valence-electron chi connectivity index (χ3n) is 4.47. The van der Waals surface area contributed by atoms with E-state index >= 15 is 0 Å². The van der Waals surface area contributed by atoms with Gasteiger partial charge in [0, 0.05) is 6.20 Å². The highest BCUT2D eigenvalue weighted by molar-refractivity contribution is 5.81. The van der Waals surface area contributed by atoms with E-state index in [1.54, 1.807) is 7.11 Å². The fraction of sp³-hybridized carbons (Fsp3) is 0.625. The third-order valence-corrected chi connectivity index (χ3v) is 4.47. The molecule has 0 unspecified atom stereocenters. The molecule has 4 atom stereocenters. The second kappa shape index (κ2) is 5.15. The predicted octanol–water partition coefficient (Wildman–Crippen LogP) is 2.27. The van der Waals surface area contributed by atoms with Gasteiger partial charge in [-0.05, 0) is 26.3 Å². The molecule has 4 rings (SSSR count). The minimum atomic E-state index is -0.597. The topological polar surface area (TPSA) is 67.6 Å². The quantitative estimate of drug-likeness (QED) is 0.864. The first-order valence-electron chi connectivity index (χ1n) is 7.90. The van der Waals surface area contributed by atoms with Gasteiger partial charge in [0.05, 0.1) is 18.6 Å². The lowest BCUT2D eigenvalue weighted by Gasteiger charge is -2.24. The summed E-state index contributed by atoms with van der Waals surface area (Å²) in [5.41, 5.74) is 0.769. The summed E-state index contributed by atoms with van der Waals surface area (Å²) in [6.07, 6.45) is 3.81. The molecule has 0 amide bonds. The van der Waals surface area contributed by atoms with Gasteiger partial charge in [-0.3, -0.25) is 0 Å². The molecule has 0 spiro atoms. The van der Waals surface area contributed by atoms with Crippen molar-refractivity contribution in [1.82, 2.24) is 14.5 Å². The van der Waals surface area contributed by atoms with Gasteiger partial charge < -0.3 is 23.5 Å². The maximum absolute atomic E-state index is 6.21. The lowest BCUT2D eigenvalue weighted by molar-refractivity contribution is -0.196. The van der Waals surface area contributed by atoms with Gasteiger partial charge >= 0.3 is 0 Å². The number of fused-ring (bicyclic) bond motifs is 2. The number of aromatic nitrogens is 3. The van der Waals surface area contributed by atoms with Crippen molar-refractivity contribution in [3.63, 3.8) is 0 Å². The van der Waals surface area contributed by atoms with Crippen LogP contribution in [0.25, 0.3) is 11.0 Å². The van der Waals surface area contributed by atoms with Gasteiger partial charge in [-0.25, -0.2) is 9.97 Å². The van der Waals surface area contributed by atoms with E-state index in [9.17, 15) is 0 Å². The van der Waals surface area contributed by atoms with Crippen LogP contribution < -0.4 is 4.74 Å². The standard InChI is InChI=1S/C16H21N3O4/c1-5-10-11-12(23-16(2,3)22-11)15(21-10)19-7-6-9-13(19)17-8-18-14(9)20-4/h6-8,10-12,15H,5H2,1-4H3/t10-,11-,12-,15-/m1/s1. The van der Waals surface area contributed by atoms with Crippen LogP contribution in [-0.2, 0) is 14.2 Å². The van der Waals surface area contributed by atoms with E-state index in [0.29, 0.717) is 5.88 Å². The van der Waals surface area contributed by atoms with Gasteiger partial charge in [-0.2, -0.15) is 0 Å². The maximum atomic E-state index is 6.21. The number of methoxy groups -OCH3 is 1. The highest BCUT2D eigenvalue weighted by Crippen LogP contribution is 2.44. The van der Waals surface area contributed by atoms with E-state index in [1.807, 2.05) is 30.7 Å². The third kappa shape index (κ3) is 2.22. The Labute approximate surface area is 134 Å². The zero-order valence-electron chi connectivity index (χ0n) is 13.7. The molecule has 7 heteroatoms. The number of rotatable bonds is 3. The van der Waals surface area contributed by atoms with Crippen molar-refractivity contribution in [2.45, 2.75) is 57.5 Å². The van der Waals surface area contributed by atoms with Crippen LogP contribution in [0.15, 0.2) is 18.6 Å². The molecule has 2 aliphatic rings. The Bertz CT molecular complexity index is 729. The lowest BCUT2D eigenvalue weighted by atomic mass is 10.1. The van der Waals surface area contributed by atoms with Crippen molar-refractivity contribution in [2.75, 3.05) is 7.11 Å². The van der Waals surface area contributed by atoms with Gasteiger partial charge in [-0.1, -0.05) is 6.92 Å². The van der Waals surface area contributed by atoms with Crippen LogP contribution in [0.3, 0.4) is 0 Å². The molecule has 0 saturated carbocycles. The summed E-state index contributed by atoms with van der Waals surface area (Å²) >= 11 is 0. The molecule has 0 radical (unpaired) electrons. The highest BCUT2D eigenvalue weighted by atomic mass is 16.8. The molecular formula is C16H21N3O4. The molecule has 4 heterocycles. The van der Waals surface area contributed by atoms with Gasteiger partial charge in [0.2, 0.25) is 5.88 Å². The molecule has 7 nitrogen and oxygen atoms in total. The van der Waals surface area contributed by atoms with Crippen LogP contribution in [0, 0.1) is 0 Å². The summed E-state index contributed by atoms with van der Waals surface area (Å²) in [6.45, 7) is 5.97. The number of hydrogen-bond acceptors (Lipinski definition) is 6. The minimum Gasteiger partial charge on any atom is -0.480 e. The first kappa shape index (κ1) is 14.9. The molecule has 2 aromatic heterocycles. The molecule has 2 saturated heterocycles. The number of nitrogens with zero attached hydrogens (tertiary/aromatic N) is 3. The Morgan fingerprint density at radius 1 is 1.26 bits per heavy atom. The van der Waals surface area contributed by atoms with Gasteiger partial charge in [-0.15, -0.1) is 0 Å². The molecular weight excluding hydrogens is 298 g/mol. The smallest absolute Gasteiger partial charge is 0.225 e. The van der Waals surface area contributed by atoms with Crippen LogP contribution in [0.1, 0.15) is 33.4 Å². The van der Waals surface area contributed by atoms with E-state index in [4.69, 9.17) is 18.9 Å². The van der Waals surface area contributed by atoms with Crippen molar-refractivity contribution in [3.05, 3.63) is 18.6 Å². The molecule has 0 aromatic carbocycles. The van der Waals surface area contributed by atoms with Crippen LogP contribution >= 0.6 is 0 Å². The second-order valence-electron chi connectivity index (χ2n) is 6.38. The Hall–Kier alpha value is -1.70. The first-order valence-corrected chi connectivity index (χ1v) is 7.90. The largest absolute Gasteiger partial charge is 0.480 e. The van der Waals surface area contributed by atoms with Crippen molar-refractivity contribution in [1.29, 1.82) is 0 Å². The van der Waals surface area contributed by atoms with Gasteiger partial charge in [0.1, 0.15) is 24.2 Å². The SMILES string of the molecule is CC[C@H]1O[C@@H](n2ccc3c(OC)ncnc32)[C@@H]2OC(C)(C)O[C@@H]21. The zero-order chi connectivity index (χ0) is 16.2. The second-order valence-corrected chi connectivity index (χ2v) is 6.38. The molecule has 23 heavy (non-hydrogen) atoms. The maximum Gasteiger partial charge on any atom is 0.225 e. The van der Waals surface area contributed by atoms with Crippen LogP contribution in [0.4, 0.5) is 0 Å². The molecule has 2 fully saturated rings. The van der Waals surface area contributed by atoms with E-state index in [2.05, 4.69) is 16.9 Å². The number of ether oxygens (including phenoxy) is 4. The average Bonchev–Trinajstić information content (AvgIpc) is 3.17. The van der Waals surface area contributed by atoms with E-state index in [0.717, 1.165) is 17.5 Å². The van der Waals surface area contributed by atoms with E-state index in [1.165, 1.54) is 6.33 Å². The molecule has 0 N–H and O–H groups in total. The molecule has 124 valence electrons. The summed E-state index contributed by atoms with van der Waals surface area (Å²) in [5.74, 6) is -0.0419. The van der Waals surface area contributed by atoms with Crippen molar-refractivity contribution in [3.8, 4) is 5.88 Å². The monoisotopic (exact) mass is 319 g/mol. The molecule has 0 bridgehead atoms. The molecule has 2 aromatic rings. The van der Waals surface area contributed by atoms with Gasteiger partial charge in [0.25, 0.3) is 0 Å². The minimum absolute atomic E-state index is 0.00737. The molecule has 0 aliphatic carbocycles. The first-order chi connectivity index (χ1) is 11.0. The fourth-order valence-corrected chi connectivity index (χ4v) is 3.53. The summed E-state index contributed by atoms with van der Waals surface area (Å²) in [4.78, 5) is 8.53. The van der Waals surface area contributed by atoms with Crippen LogP contribution in [-0.4, -0.2) is 45.7 Å². The van der Waals surface area contributed by atoms with Crippen LogP contribution in [0.2, 0.25) is 0 Å². The lowest BCUT2D eigenvalue weighted by Crippen LogP contribution is -2.28. The summed E-state index contributed by atoms with van der Waals surface area (Å²) in [7, 11) is 1.60. The normalized spacial score (nSPS) is 32.3. The van der Waals surface area contributed by atoms with Crippen molar-refractivity contribution >= 4 is 11.0 Å². The molecule has 2 aliphatic heterocycles. The Morgan fingerprint density at radius 3 is 2.78 bits per heavy atom. The number of hydrogen-bond donors (Lipinski definition) is 0. The Morgan fingerprint density at radius 2 is 2.04 bits per heavy atom. The highest BCUT2D eigenvalue weighted by Gasteiger charge is 2.55. The Kier molecular flexibility index (Phi) is 3.33. The van der Waals surface area contributed by atoms with Crippen molar-refractivity contribution < 1.29 is 18.9 Å². The summed E-state index contributed by atoms with van der Waals surface area (Å²) < 4.78 is 25.6. The Balaban J connectivity index is 1.76. The zero-order valence-corrected chi connectivity index (χ0v) is 13.7. The van der Waals surface area contributed by atoms with E-state index in [-0.39, 0.29) is 24.5 Å². The fourth-order valence-electron chi connectivity index (χ4n) is 3.53. The predicted molar refractivity (Wildman–Crippen MR) is 82.1 cm³/mol. The van der Waals surface area contributed by atoms with Crippen LogP contribution in [0.5, 0.6) is 5.88 Å². The van der Waals surface area contributed by atoms with Crippen molar-refractivity contribution in [2.24, 2.45) is 0 Å².